The Bertz CT molecular complexity index is 557. The lowest BCUT2D eigenvalue weighted by molar-refractivity contribution is 0.319. The lowest BCUT2D eigenvalue weighted by atomic mass is 10.1. The van der Waals surface area contributed by atoms with Crippen LogP contribution in [0.3, 0.4) is 0 Å². The molecule has 106 valence electrons. The molecule has 1 N–H and O–H groups in total. The number of aromatic nitrogens is 1. The van der Waals surface area contributed by atoms with Gasteiger partial charge in [-0.15, -0.1) is 12.4 Å². The zero-order valence-corrected chi connectivity index (χ0v) is 12.5. The van der Waals surface area contributed by atoms with Crippen molar-refractivity contribution in [2.75, 3.05) is 18.9 Å². The van der Waals surface area contributed by atoms with Crippen LogP contribution in [-0.4, -0.2) is 23.5 Å². The van der Waals surface area contributed by atoms with Crippen LogP contribution in [0.1, 0.15) is 16.7 Å². The van der Waals surface area contributed by atoms with Crippen LogP contribution in [-0.2, 0) is 19.5 Å². The first-order valence-electron chi connectivity index (χ1n) is 6.75. The number of hydrogen-bond acceptors (Lipinski definition) is 3. The van der Waals surface area contributed by atoms with Gasteiger partial charge in [0.15, 0.2) is 0 Å². The van der Waals surface area contributed by atoms with Gasteiger partial charge in [0, 0.05) is 37.7 Å². The highest BCUT2D eigenvalue weighted by molar-refractivity contribution is 5.85. The third kappa shape index (κ3) is 3.30. The molecule has 0 unspecified atom stereocenters. The number of nitrogens with one attached hydrogen (secondary N) is 1. The van der Waals surface area contributed by atoms with E-state index in [9.17, 15) is 0 Å². The number of fused-ring (bicyclic) bond motifs is 1. The van der Waals surface area contributed by atoms with Gasteiger partial charge in [0.25, 0.3) is 0 Å². The summed E-state index contributed by atoms with van der Waals surface area (Å²) in [7, 11) is 2.16. The van der Waals surface area contributed by atoms with E-state index in [1.54, 1.807) is 0 Å². The zero-order chi connectivity index (χ0) is 13.1. The molecule has 1 aliphatic heterocycles. The van der Waals surface area contributed by atoms with Crippen molar-refractivity contribution in [1.29, 1.82) is 0 Å². The van der Waals surface area contributed by atoms with Gasteiger partial charge in [-0.2, -0.15) is 0 Å². The molecule has 3 rings (SSSR count). The molecule has 3 nitrogen and oxygen atoms in total. The maximum atomic E-state index is 4.06. The van der Waals surface area contributed by atoms with Crippen molar-refractivity contribution in [3.8, 4) is 0 Å². The molecule has 0 atom stereocenters. The molecular weight excluding hydrogens is 270 g/mol. The largest absolute Gasteiger partial charge is 0.384 e. The number of anilines is 1. The van der Waals surface area contributed by atoms with Crippen LogP contribution < -0.4 is 5.32 Å². The van der Waals surface area contributed by atoms with Crippen LogP contribution in [0, 0.1) is 0 Å². The molecule has 2 aromatic rings. The van der Waals surface area contributed by atoms with Gasteiger partial charge in [0.1, 0.15) is 0 Å². The average molecular weight is 290 g/mol. The Labute approximate surface area is 126 Å². The second-order valence-electron chi connectivity index (χ2n) is 5.16. The smallest absolute Gasteiger partial charge is 0.0419 e. The summed E-state index contributed by atoms with van der Waals surface area (Å²) in [5.41, 5.74) is 5.50. The Morgan fingerprint density at radius 3 is 2.75 bits per heavy atom. The maximum absolute atomic E-state index is 4.06. The van der Waals surface area contributed by atoms with Crippen molar-refractivity contribution in [2.24, 2.45) is 0 Å². The first kappa shape index (κ1) is 14.8. The minimum absolute atomic E-state index is 0. The number of pyridine rings is 1. The number of para-hydroxylation sites is 1. The first-order chi connectivity index (χ1) is 9.33. The summed E-state index contributed by atoms with van der Waals surface area (Å²) in [4.78, 5) is 6.39. The topological polar surface area (TPSA) is 28.2 Å². The second-order valence-corrected chi connectivity index (χ2v) is 5.16. The summed E-state index contributed by atoms with van der Waals surface area (Å²) in [6, 6.07) is 10.8. The van der Waals surface area contributed by atoms with Gasteiger partial charge >= 0.3 is 0 Å². The zero-order valence-electron chi connectivity index (χ0n) is 11.7. The highest BCUT2D eigenvalue weighted by atomic mass is 35.5. The van der Waals surface area contributed by atoms with Crippen LogP contribution in [0.5, 0.6) is 0 Å². The molecule has 0 amide bonds. The Morgan fingerprint density at radius 2 is 1.95 bits per heavy atom. The van der Waals surface area contributed by atoms with Crippen molar-refractivity contribution in [2.45, 2.75) is 19.5 Å². The van der Waals surface area contributed by atoms with E-state index in [0.29, 0.717) is 0 Å². The van der Waals surface area contributed by atoms with Crippen molar-refractivity contribution in [3.63, 3.8) is 0 Å². The van der Waals surface area contributed by atoms with Gasteiger partial charge in [0.2, 0.25) is 0 Å². The highest BCUT2D eigenvalue weighted by Gasteiger charge is 2.14. The van der Waals surface area contributed by atoms with Crippen molar-refractivity contribution < 1.29 is 0 Å². The van der Waals surface area contributed by atoms with E-state index in [2.05, 4.69) is 52.6 Å². The molecular formula is C16H20ClN3. The Morgan fingerprint density at radius 1 is 1.15 bits per heavy atom. The first-order valence-corrected chi connectivity index (χ1v) is 6.75. The molecule has 0 radical (unpaired) electrons. The van der Waals surface area contributed by atoms with Crippen molar-refractivity contribution in [1.82, 2.24) is 9.88 Å². The SMILES string of the molecule is CN(Cc1ccncc1)Cc1cccc2c1NCC2.Cl. The molecule has 0 fully saturated rings. The van der Waals surface area contributed by atoms with Crippen molar-refractivity contribution in [3.05, 3.63) is 59.4 Å². The average Bonchev–Trinajstić information content (AvgIpc) is 2.89. The standard InChI is InChI=1S/C16H19N3.ClH/c1-19(11-13-5-8-17-9-6-13)12-15-4-2-3-14-7-10-18-16(14)15;/h2-6,8-9,18H,7,10-12H2,1H3;1H. The molecule has 1 aromatic carbocycles. The van der Waals surface area contributed by atoms with E-state index in [4.69, 9.17) is 0 Å². The minimum atomic E-state index is 0. The van der Waals surface area contributed by atoms with Crippen molar-refractivity contribution >= 4 is 18.1 Å². The van der Waals surface area contributed by atoms with Gasteiger partial charge < -0.3 is 5.32 Å². The van der Waals surface area contributed by atoms with E-state index in [-0.39, 0.29) is 12.4 Å². The minimum Gasteiger partial charge on any atom is -0.384 e. The third-order valence-corrected chi connectivity index (χ3v) is 3.58. The second kappa shape index (κ2) is 6.73. The number of halogens is 1. The molecule has 0 saturated heterocycles. The third-order valence-electron chi connectivity index (χ3n) is 3.58. The van der Waals surface area contributed by atoms with Crippen LogP contribution >= 0.6 is 12.4 Å². The summed E-state index contributed by atoms with van der Waals surface area (Å²) in [5, 5.41) is 3.50. The Hall–Kier alpha value is -1.58. The van der Waals surface area contributed by atoms with Gasteiger partial charge in [-0.1, -0.05) is 18.2 Å². The maximum Gasteiger partial charge on any atom is 0.0419 e. The molecule has 0 saturated carbocycles. The quantitative estimate of drug-likeness (QED) is 0.937. The van der Waals surface area contributed by atoms with Crippen LogP contribution in [0.25, 0.3) is 0 Å². The van der Waals surface area contributed by atoms with E-state index in [1.807, 2.05) is 12.4 Å². The molecule has 0 spiro atoms. The predicted molar refractivity (Wildman–Crippen MR) is 85.3 cm³/mol. The van der Waals surface area contributed by atoms with Crippen LogP contribution in [0.15, 0.2) is 42.7 Å². The number of nitrogens with zero attached hydrogens (tertiary/aromatic N) is 2. The molecule has 20 heavy (non-hydrogen) atoms. The lowest BCUT2D eigenvalue weighted by Crippen LogP contribution is -2.18. The Kier molecular flexibility index (Phi) is 4.99. The molecule has 0 aliphatic carbocycles. The fourth-order valence-electron chi connectivity index (χ4n) is 2.69. The predicted octanol–water partition coefficient (Wildman–Crippen LogP) is 3.10. The monoisotopic (exact) mass is 289 g/mol. The summed E-state index contributed by atoms with van der Waals surface area (Å²) in [6.45, 7) is 2.99. The number of rotatable bonds is 4. The van der Waals surface area contributed by atoms with E-state index >= 15 is 0 Å². The Balaban J connectivity index is 0.00000147. The van der Waals surface area contributed by atoms with Gasteiger partial charge in [0.05, 0.1) is 0 Å². The van der Waals surface area contributed by atoms with Crippen LogP contribution in [0.4, 0.5) is 5.69 Å². The number of benzene rings is 1. The molecule has 4 heteroatoms. The van der Waals surface area contributed by atoms with E-state index < -0.39 is 0 Å². The molecule has 1 aromatic heterocycles. The summed E-state index contributed by atoms with van der Waals surface area (Å²) in [6.07, 6.45) is 4.85. The fraction of sp³-hybridized carbons (Fsp3) is 0.312. The summed E-state index contributed by atoms with van der Waals surface area (Å²) in [5.74, 6) is 0. The molecule has 1 aliphatic rings. The van der Waals surface area contributed by atoms with Crippen LogP contribution in [0.2, 0.25) is 0 Å². The van der Waals surface area contributed by atoms with E-state index in [1.165, 1.54) is 22.4 Å². The summed E-state index contributed by atoms with van der Waals surface area (Å²) >= 11 is 0. The van der Waals surface area contributed by atoms with Gasteiger partial charge in [-0.25, -0.2) is 0 Å². The van der Waals surface area contributed by atoms with Gasteiger partial charge in [-0.05, 0) is 42.3 Å². The van der Waals surface area contributed by atoms with Gasteiger partial charge in [-0.3, -0.25) is 9.88 Å². The highest BCUT2D eigenvalue weighted by Crippen LogP contribution is 2.27. The number of hydrogen-bond donors (Lipinski definition) is 1. The summed E-state index contributed by atoms with van der Waals surface area (Å²) < 4.78 is 0. The molecule has 2 heterocycles. The normalized spacial score (nSPS) is 12.7. The lowest BCUT2D eigenvalue weighted by Gasteiger charge is -2.18. The fourth-order valence-corrected chi connectivity index (χ4v) is 2.69. The van der Waals surface area contributed by atoms with E-state index in [0.717, 1.165) is 26.1 Å². The molecule has 0 bridgehead atoms.